The van der Waals surface area contributed by atoms with Crippen LogP contribution in [0.2, 0.25) is 0 Å². The molecule has 0 spiro atoms. The van der Waals surface area contributed by atoms with Gasteiger partial charge in [-0.15, -0.1) is 10.2 Å². The Morgan fingerprint density at radius 1 is 0.958 bits per heavy atom. The van der Waals surface area contributed by atoms with Crippen molar-refractivity contribution in [3.05, 3.63) is 89.9 Å². The van der Waals surface area contributed by atoms with Crippen molar-refractivity contribution in [1.29, 1.82) is 5.26 Å². The molecule has 4 aliphatic rings. The molecule has 5 aromatic rings. The second kappa shape index (κ2) is 21.5. The van der Waals surface area contributed by atoms with E-state index >= 15 is 0 Å². The highest BCUT2D eigenvalue weighted by molar-refractivity contribution is 5.91. The van der Waals surface area contributed by atoms with Crippen molar-refractivity contribution >= 4 is 23.5 Å². The number of rotatable bonds is 14. The summed E-state index contributed by atoms with van der Waals surface area (Å²) in [4.78, 5) is 34.2. The summed E-state index contributed by atoms with van der Waals surface area (Å²) >= 11 is 0. The summed E-state index contributed by atoms with van der Waals surface area (Å²) in [5.74, 6) is 8.03. The van der Waals surface area contributed by atoms with Gasteiger partial charge in [-0.1, -0.05) is 55.1 Å². The van der Waals surface area contributed by atoms with Crippen molar-refractivity contribution in [3.8, 4) is 46.0 Å². The van der Waals surface area contributed by atoms with Gasteiger partial charge in [0, 0.05) is 80.6 Å². The number of anilines is 2. The molecule has 1 saturated carbocycles. The van der Waals surface area contributed by atoms with Crippen LogP contribution in [-0.2, 0) is 19.9 Å². The number of carbonyl (C=O) groups excluding carboxylic acids is 2. The molecule has 2 aromatic carbocycles. The quantitative estimate of drug-likeness (QED) is 0.0856. The van der Waals surface area contributed by atoms with Gasteiger partial charge in [0.2, 0.25) is 11.8 Å². The number of nitrogens with one attached hydrogen (secondary N) is 1. The van der Waals surface area contributed by atoms with Crippen LogP contribution in [0.1, 0.15) is 108 Å². The van der Waals surface area contributed by atoms with Crippen LogP contribution in [-0.4, -0.2) is 121 Å². The number of nitrogen functional groups attached to an aromatic ring is 1. The molecule has 3 saturated heterocycles. The molecule has 17 heteroatoms. The van der Waals surface area contributed by atoms with Crippen molar-refractivity contribution < 1.29 is 29.1 Å². The highest BCUT2D eigenvalue weighted by Crippen LogP contribution is 2.37. The fraction of sp³-hybridized carbons (Fsp3) is 0.509. The molecular formula is C55H67N11O6. The van der Waals surface area contributed by atoms with E-state index in [9.17, 15) is 19.8 Å². The molecule has 17 nitrogen and oxygen atoms in total. The first kappa shape index (κ1) is 50.2. The van der Waals surface area contributed by atoms with Gasteiger partial charge in [-0.2, -0.15) is 10.4 Å². The number of nitrogens with two attached hydrogens (primary N) is 1. The standard InChI is InChI=1S/C55H67N11O6/c1-34(2)51(54(70)65-33-41(67)26-47(65)53(69)59-35(3)39-12-10-36(29-56)11-13-39)49-28-50(62-72-49)64-22-15-37(16-23-64)31-63-20-17-42(18-21-63)71-43-24-38(25-43)14-19-55(4,5)66-32-40(30-58-66)45-27-46(60-61-52(45)57)44-8-6-7-9-48(44)68/h6-13,27-28,30,32,34-35,37-38,41-43,47,51,67-68H,15-18,20-26,31,33H2,1-5H3,(H2,57,61)(H,59,69)/t35-,38-,41+,43-,47-,51+/m0/s1. The topological polar surface area (TPSA) is 225 Å². The third-order valence-corrected chi connectivity index (χ3v) is 15.0. The smallest absolute Gasteiger partial charge is 0.243 e. The summed E-state index contributed by atoms with van der Waals surface area (Å²) in [5.41, 5.74) is 9.65. The summed E-state index contributed by atoms with van der Waals surface area (Å²) in [6.45, 7) is 14.8. The van der Waals surface area contributed by atoms with Crippen molar-refractivity contribution in [2.24, 2.45) is 17.8 Å². The van der Waals surface area contributed by atoms with E-state index in [0.29, 0.717) is 34.1 Å². The highest BCUT2D eigenvalue weighted by Gasteiger charge is 2.44. The Bertz CT molecular complexity index is 2800. The number of aromatic hydroxyl groups is 1. The molecular weight excluding hydrogens is 911 g/mol. The van der Waals surface area contributed by atoms with Crippen molar-refractivity contribution in [2.45, 2.75) is 121 Å². The summed E-state index contributed by atoms with van der Waals surface area (Å²) in [6, 6.07) is 18.7. The molecule has 0 radical (unpaired) electrons. The lowest BCUT2D eigenvalue weighted by Gasteiger charge is -2.40. The monoisotopic (exact) mass is 978 g/mol. The molecule has 4 fully saturated rings. The fourth-order valence-electron chi connectivity index (χ4n) is 10.6. The number of piperidine rings is 2. The third-order valence-electron chi connectivity index (χ3n) is 15.0. The molecule has 1 aliphatic carbocycles. The predicted octanol–water partition coefficient (Wildman–Crippen LogP) is 6.65. The molecule has 0 unspecified atom stereocenters. The van der Waals surface area contributed by atoms with E-state index < -0.39 is 23.6 Å². The van der Waals surface area contributed by atoms with Gasteiger partial charge >= 0.3 is 0 Å². The summed E-state index contributed by atoms with van der Waals surface area (Å²) in [5, 5.41) is 50.6. The zero-order chi connectivity index (χ0) is 50.7. The molecule has 5 N–H and O–H groups in total. The van der Waals surface area contributed by atoms with Gasteiger partial charge in [0.1, 0.15) is 23.2 Å². The summed E-state index contributed by atoms with van der Waals surface area (Å²) < 4.78 is 14.3. The number of phenolic OH excluding ortho intramolecular Hbond substituents is 1. The van der Waals surface area contributed by atoms with Crippen LogP contribution in [0.5, 0.6) is 5.75 Å². The summed E-state index contributed by atoms with van der Waals surface area (Å²) in [7, 11) is 0. The molecule has 2 amide bonds. The SMILES string of the molecule is CC(C)[C@@H](C(=O)N1C[C@H](O)C[C@H]1C(=O)N[C@@H](C)c1ccc(C#N)cc1)c1cc(N2CCC(CN3CCC(O[C@H]4C[C@H](C#CC(C)(C)n5cc(-c6cc(-c7ccccc7O)nnc6N)cn5)C4)CC3)CC2)no1. The zero-order valence-electron chi connectivity index (χ0n) is 41.9. The van der Waals surface area contributed by atoms with Crippen molar-refractivity contribution in [1.82, 2.24) is 40.3 Å². The number of hydrogen-bond donors (Lipinski definition) is 4. The van der Waals surface area contributed by atoms with E-state index in [1.807, 2.05) is 49.8 Å². The minimum absolute atomic E-state index is 0.0638. The van der Waals surface area contributed by atoms with Crippen molar-refractivity contribution in [3.63, 3.8) is 0 Å². The molecule has 378 valence electrons. The molecule has 6 heterocycles. The van der Waals surface area contributed by atoms with Crippen LogP contribution in [0.3, 0.4) is 0 Å². The number of β-amino-alcohol motifs (C(OH)–C–C–N with tert-alkyl or cyclic N) is 1. The van der Waals surface area contributed by atoms with Crippen LogP contribution in [0.15, 0.2) is 77.6 Å². The minimum atomic E-state index is -0.825. The van der Waals surface area contributed by atoms with Gasteiger partial charge in [-0.25, -0.2) is 0 Å². The van der Waals surface area contributed by atoms with E-state index in [2.05, 4.69) is 67.3 Å². The Labute approximate surface area is 421 Å². The third kappa shape index (κ3) is 11.3. The average Bonchev–Trinajstić information content (AvgIpc) is 4.15. The van der Waals surface area contributed by atoms with E-state index in [-0.39, 0.29) is 66.4 Å². The lowest BCUT2D eigenvalue weighted by molar-refractivity contribution is -0.141. The number of nitrogens with zero attached hydrogens (tertiary/aromatic N) is 9. The Kier molecular flexibility index (Phi) is 15.0. The van der Waals surface area contributed by atoms with Gasteiger partial charge in [0.15, 0.2) is 17.4 Å². The number of aliphatic hydroxyl groups is 1. The normalized spacial score (nSPS) is 21.9. The van der Waals surface area contributed by atoms with Gasteiger partial charge < -0.3 is 45.2 Å². The second-order valence-corrected chi connectivity index (χ2v) is 21.1. The Morgan fingerprint density at radius 2 is 1.69 bits per heavy atom. The number of aliphatic hydroxyl groups excluding tert-OH is 1. The van der Waals surface area contributed by atoms with Crippen LogP contribution in [0.25, 0.3) is 22.4 Å². The average molecular weight is 978 g/mol. The van der Waals surface area contributed by atoms with Crippen LogP contribution < -0.4 is 16.0 Å². The number of benzene rings is 2. The maximum Gasteiger partial charge on any atom is 0.243 e. The number of aromatic nitrogens is 5. The number of amides is 2. The lowest BCUT2D eigenvalue weighted by atomic mass is 9.82. The number of ether oxygens (including phenoxy) is 1. The van der Waals surface area contributed by atoms with Gasteiger partial charge in [0.25, 0.3) is 0 Å². The van der Waals surface area contributed by atoms with Crippen molar-refractivity contribution in [2.75, 3.05) is 49.9 Å². The molecule has 3 aromatic heterocycles. The predicted molar refractivity (Wildman–Crippen MR) is 272 cm³/mol. The van der Waals surface area contributed by atoms with Crippen LogP contribution in [0.4, 0.5) is 11.6 Å². The lowest BCUT2D eigenvalue weighted by Crippen LogP contribution is -2.48. The number of phenols is 1. The Hall–Kier alpha value is -6.79. The first-order valence-corrected chi connectivity index (χ1v) is 25.5. The molecule has 0 bridgehead atoms. The second-order valence-electron chi connectivity index (χ2n) is 21.1. The van der Waals surface area contributed by atoms with Gasteiger partial charge in [0.05, 0.1) is 47.9 Å². The number of para-hydroxylation sites is 1. The molecule has 72 heavy (non-hydrogen) atoms. The first-order valence-electron chi connectivity index (χ1n) is 25.5. The maximum atomic E-state index is 14.2. The Balaban J connectivity index is 0.698. The van der Waals surface area contributed by atoms with Crippen LogP contribution >= 0.6 is 0 Å². The van der Waals surface area contributed by atoms with E-state index in [1.165, 1.54) is 4.90 Å². The number of carbonyl (C=O) groups is 2. The molecule has 9 rings (SSSR count). The Morgan fingerprint density at radius 3 is 2.40 bits per heavy atom. The van der Waals surface area contributed by atoms with Gasteiger partial charge in [-0.3, -0.25) is 14.3 Å². The van der Waals surface area contributed by atoms with E-state index in [1.54, 1.807) is 48.7 Å². The van der Waals surface area contributed by atoms with Crippen LogP contribution in [0, 0.1) is 40.9 Å². The number of nitriles is 1. The largest absolute Gasteiger partial charge is 0.507 e. The molecule has 3 aliphatic heterocycles. The fourth-order valence-corrected chi connectivity index (χ4v) is 10.6. The first-order chi connectivity index (χ1) is 34.6. The van der Waals surface area contributed by atoms with E-state index in [0.717, 1.165) is 88.2 Å². The molecule has 4 atom stereocenters. The minimum Gasteiger partial charge on any atom is -0.507 e. The number of likely N-dealkylation sites (tertiary alicyclic amines) is 2. The number of hydrogen-bond acceptors (Lipinski definition) is 14. The highest BCUT2D eigenvalue weighted by atomic mass is 16.5. The van der Waals surface area contributed by atoms with Gasteiger partial charge in [-0.05, 0) is 107 Å². The maximum absolute atomic E-state index is 14.2. The zero-order valence-corrected chi connectivity index (χ0v) is 41.9. The van der Waals surface area contributed by atoms with E-state index in [4.69, 9.17) is 20.3 Å². The summed E-state index contributed by atoms with van der Waals surface area (Å²) in [6.07, 6.45) is 9.53.